The van der Waals surface area contributed by atoms with Gasteiger partial charge in [0.05, 0.1) is 6.61 Å². The van der Waals surface area contributed by atoms with Crippen LogP contribution < -0.4 is 14.8 Å². The maximum atomic E-state index is 13.3. The summed E-state index contributed by atoms with van der Waals surface area (Å²) in [6.07, 6.45) is 2.47. The van der Waals surface area contributed by atoms with Crippen molar-refractivity contribution in [3.05, 3.63) is 56.0 Å². The molecule has 1 aromatic carbocycles. The third-order valence-electron chi connectivity index (χ3n) is 5.12. The van der Waals surface area contributed by atoms with Gasteiger partial charge in [-0.05, 0) is 52.2 Å². The summed E-state index contributed by atoms with van der Waals surface area (Å²) in [5.74, 6) is 0.574. The molecular formula is C23H31BrN2O3. The number of rotatable bonds is 8. The number of ether oxygens (including phenoxy) is 1. The molecule has 0 unspecified atom stereocenters. The molecule has 0 saturated heterocycles. The van der Waals surface area contributed by atoms with Crippen LogP contribution in [0.1, 0.15) is 67.0 Å². The van der Waals surface area contributed by atoms with Crippen molar-refractivity contribution in [2.75, 3.05) is 11.9 Å². The van der Waals surface area contributed by atoms with E-state index in [0.29, 0.717) is 34.1 Å². The van der Waals surface area contributed by atoms with Crippen molar-refractivity contribution in [3.63, 3.8) is 0 Å². The smallest absolute Gasteiger partial charge is 0.265 e. The Morgan fingerprint density at radius 1 is 1.17 bits per heavy atom. The minimum atomic E-state index is -0.331. The van der Waals surface area contributed by atoms with Crippen LogP contribution in [0, 0.1) is 25.0 Å². The highest BCUT2D eigenvalue weighted by Gasteiger charge is 2.29. The number of nitrogens with one attached hydrogen (secondary N) is 1. The molecule has 0 saturated carbocycles. The van der Waals surface area contributed by atoms with Gasteiger partial charge in [0.2, 0.25) is 11.4 Å². The molecule has 2 aromatic rings. The van der Waals surface area contributed by atoms with E-state index in [1.807, 2.05) is 18.2 Å². The molecule has 0 radical (unpaired) electrons. The molecule has 1 heterocycles. The van der Waals surface area contributed by atoms with Crippen molar-refractivity contribution in [2.24, 2.45) is 5.92 Å². The van der Waals surface area contributed by atoms with Gasteiger partial charge in [0.1, 0.15) is 4.47 Å². The van der Waals surface area contributed by atoms with E-state index in [9.17, 15) is 10.0 Å². The van der Waals surface area contributed by atoms with E-state index >= 15 is 0 Å². The molecule has 0 aliphatic heterocycles. The van der Waals surface area contributed by atoms with Gasteiger partial charge < -0.3 is 15.3 Å². The average Bonchev–Trinajstić information content (AvgIpc) is 2.69. The van der Waals surface area contributed by atoms with Gasteiger partial charge in [-0.25, -0.2) is 0 Å². The second-order valence-electron chi connectivity index (χ2n) is 7.63. The fraction of sp³-hybridized carbons (Fsp3) is 0.478. The van der Waals surface area contributed by atoms with Crippen LogP contribution in [-0.2, 0) is 12.8 Å². The number of halogens is 1. The minimum absolute atomic E-state index is 0.272. The van der Waals surface area contributed by atoms with Gasteiger partial charge in [-0.2, -0.15) is 4.73 Å². The van der Waals surface area contributed by atoms with Crippen LogP contribution in [-0.4, -0.2) is 12.5 Å². The maximum Gasteiger partial charge on any atom is 0.265 e. The van der Waals surface area contributed by atoms with Crippen molar-refractivity contribution >= 4 is 27.5 Å². The summed E-state index contributed by atoms with van der Waals surface area (Å²) in [4.78, 5) is 13.3. The van der Waals surface area contributed by atoms with Crippen LogP contribution in [0.2, 0.25) is 0 Å². The number of benzene rings is 1. The van der Waals surface area contributed by atoms with Crippen LogP contribution in [0.4, 0.5) is 5.69 Å². The lowest BCUT2D eigenvalue weighted by Crippen LogP contribution is -2.37. The summed E-state index contributed by atoms with van der Waals surface area (Å²) in [6.45, 7) is 12.2. The topological polar surface area (TPSA) is 65.3 Å². The average molecular weight is 463 g/mol. The number of carbonyl (C=O) groups is 1. The van der Waals surface area contributed by atoms with Gasteiger partial charge in [0.15, 0.2) is 11.3 Å². The molecular weight excluding hydrogens is 432 g/mol. The molecule has 158 valence electrons. The number of para-hydroxylation sites is 1. The number of carbonyl (C=O) groups excluding carboxylic acids is 1. The van der Waals surface area contributed by atoms with E-state index in [4.69, 9.17) is 4.74 Å². The normalized spacial score (nSPS) is 11.0. The lowest BCUT2D eigenvalue weighted by atomic mass is 10.0. The zero-order valence-electron chi connectivity index (χ0n) is 18.2. The largest absolute Gasteiger partial charge is 0.618 e. The Balaban J connectivity index is 2.52. The Kier molecular flexibility index (Phi) is 8.08. The SMILES string of the molecule is CCc1cccc(CC)c1NC(=O)c1c(OCCC(C)C)c(Br)c(C)[n+]([O-])c1C. The lowest BCUT2D eigenvalue weighted by Gasteiger charge is -2.19. The molecule has 0 bridgehead atoms. The van der Waals surface area contributed by atoms with Crippen LogP contribution in [0.15, 0.2) is 22.7 Å². The van der Waals surface area contributed by atoms with E-state index in [-0.39, 0.29) is 11.5 Å². The lowest BCUT2D eigenvalue weighted by molar-refractivity contribution is -0.619. The highest BCUT2D eigenvalue weighted by atomic mass is 79.9. The van der Waals surface area contributed by atoms with Crippen molar-refractivity contribution in [1.29, 1.82) is 0 Å². The van der Waals surface area contributed by atoms with E-state index in [1.54, 1.807) is 13.8 Å². The number of aromatic nitrogens is 1. The first-order chi connectivity index (χ1) is 13.7. The van der Waals surface area contributed by atoms with Gasteiger partial charge in [0.25, 0.3) is 5.91 Å². The summed E-state index contributed by atoms with van der Waals surface area (Å²) >= 11 is 3.47. The first kappa shape index (κ1) is 23.2. The zero-order valence-corrected chi connectivity index (χ0v) is 19.8. The van der Waals surface area contributed by atoms with Crippen LogP contribution >= 0.6 is 15.9 Å². The van der Waals surface area contributed by atoms with E-state index in [1.165, 1.54) is 0 Å². The van der Waals surface area contributed by atoms with Crippen molar-refractivity contribution in [3.8, 4) is 5.75 Å². The van der Waals surface area contributed by atoms with Crippen molar-refractivity contribution in [2.45, 2.75) is 60.8 Å². The summed E-state index contributed by atoms with van der Waals surface area (Å²) in [5, 5.41) is 15.7. The van der Waals surface area contributed by atoms with Gasteiger partial charge in [-0.3, -0.25) is 4.79 Å². The molecule has 29 heavy (non-hydrogen) atoms. The summed E-state index contributed by atoms with van der Waals surface area (Å²) in [6, 6.07) is 6.04. The molecule has 0 spiro atoms. The van der Waals surface area contributed by atoms with E-state index < -0.39 is 0 Å². The van der Waals surface area contributed by atoms with E-state index in [2.05, 4.69) is 48.9 Å². The molecule has 5 nitrogen and oxygen atoms in total. The molecule has 1 N–H and O–H groups in total. The quantitative estimate of drug-likeness (QED) is 0.415. The molecule has 0 aliphatic rings. The highest BCUT2D eigenvalue weighted by Crippen LogP contribution is 2.34. The Morgan fingerprint density at radius 3 is 2.28 bits per heavy atom. The van der Waals surface area contributed by atoms with Crippen molar-refractivity contribution < 1.29 is 14.3 Å². The van der Waals surface area contributed by atoms with Gasteiger partial charge in [-0.1, -0.05) is 45.9 Å². The Bertz CT molecular complexity index is 872. The second kappa shape index (κ2) is 10.1. The molecule has 1 amide bonds. The first-order valence-electron chi connectivity index (χ1n) is 10.2. The van der Waals surface area contributed by atoms with Crippen LogP contribution in [0.25, 0.3) is 0 Å². The summed E-state index contributed by atoms with van der Waals surface area (Å²) < 4.78 is 7.31. The fourth-order valence-electron chi connectivity index (χ4n) is 3.26. The molecule has 2 rings (SSSR count). The number of hydrogen-bond donors (Lipinski definition) is 1. The number of aryl methyl sites for hydroxylation is 2. The first-order valence-corrected chi connectivity index (χ1v) is 11.0. The fourth-order valence-corrected chi connectivity index (χ4v) is 3.73. The number of hydrogen-bond acceptors (Lipinski definition) is 3. The van der Waals surface area contributed by atoms with Gasteiger partial charge in [-0.15, -0.1) is 0 Å². The second-order valence-corrected chi connectivity index (χ2v) is 8.42. The third-order valence-corrected chi connectivity index (χ3v) is 6.06. The minimum Gasteiger partial charge on any atom is -0.618 e. The third kappa shape index (κ3) is 5.10. The maximum absolute atomic E-state index is 13.3. The molecule has 1 aromatic heterocycles. The van der Waals surface area contributed by atoms with Gasteiger partial charge in [0, 0.05) is 19.5 Å². The Labute approximate surface area is 182 Å². The molecule has 0 fully saturated rings. The number of nitrogens with zero attached hydrogens (tertiary/aromatic N) is 1. The zero-order chi connectivity index (χ0) is 21.7. The van der Waals surface area contributed by atoms with Crippen LogP contribution in [0.5, 0.6) is 5.75 Å². The standard InChI is InChI=1S/C23H31BrN2O3/c1-7-17-10-9-11-18(8-2)21(17)25-23(27)19-15(5)26(28)16(6)20(24)22(19)29-13-12-14(3)4/h9-11,14H,7-8,12-13H2,1-6H3,(H,25,27). The van der Waals surface area contributed by atoms with Gasteiger partial charge >= 0.3 is 0 Å². The van der Waals surface area contributed by atoms with E-state index in [0.717, 1.165) is 40.8 Å². The number of pyridine rings is 1. The van der Waals surface area contributed by atoms with Crippen molar-refractivity contribution in [1.82, 2.24) is 0 Å². The molecule has 6 heteroatoms. The van der Waals surface area contributed by atoms with Crippen LogP contribution in [0.3, 0.4) is 0 Å². The predicted octanol–water partition coefficient (Wildman–Crippen LogP) is 5.50. The Hall–Kier alpha value is -2.08. The molecule has 0 atom stereocenters. The summed E-state index contributed by atoms with van der Waals surface area (Å²) in [7, 11) is 0. The summed E-state index contributed by atoms with van der Waals surface area (Å²) in [5.41, 5.74) is 4.03. The number of anilines is 1. The Morgan fingerprint density at radius 2 is 1.76 bits per heavy atom. The monoisotopic (exact) mass is 462 g/mol. The predicted molar refractivity (Wildman–Crippen MR) is 121 cm³/mol. The highest BCUT2D eigenvalue weighted by molar-refractivity contribution is 9.10. The number of amides is 1. The molecule has 0 aliphatic carbocycles.